The number of hydrogen-bond donors (Lipinski definition) is 1. The van der Waals surface area contributed by atoms with Crippen molar-refractivity contribution in [3.8, 4) is 0 Å². The van der Waals surface area contributed by atoms with E-state index in [-0.39, 0.29) is 0 Å². The second kappa shape index (κ2) is 5.59. The van der Waals surface area contributed by atoms with E-state index in [1.165, 1.54) is 6.08 Å². The average molecular weight is 204 g/mol. The van der Waals surface area contributed by atoms with Crippen LogP contribution in [0.4, 0.5) is 0 Å². The number of amides is 1. The van der Waals surface area contributed by atoms with Gasteiger partial charge in [0.15, 0.2) is 0 Å². The van der Waals surface area contributed by atoms with Crippen LogP contribution in [0, 0.1) is 0 Å². The van der Waals surface area contributed by atoms with Crippen LogP contribution in [0.2, 0.25) is 0 Å². The first kappa shape index (κ1) is 11.0. The third kappa shape index (κ3) is 4.61. The summed E-state index contributed by atoms with van der Waals surface area (Å²) in [5, 5.41) is 12.2. The highest BCUT2D eigenvalue weighted by atomic mass is 16.4. The van der Waals surface area contributed by atoms with Crippen LogP contribution in [-0.4, -0.2) is 18.4 Å². The van der Waals surface area contributed by atoms with Crippen LogP contribution in [0.25, 0.3) is 6.08 Å². The highest BCUT2D eigenvalue weighted by Gasteiger charge is 1.93. The molecular formula is C11H10NO3-. The number of carboxylic acids is 1. The molecule has 1 rings (SSSR count). The molecule has 1 N–H and O–H groups in total. The van der Waals surface area contributed by atoms with Crippen molar-refractivity contribution in [3.05, 3.63) is 42.0 Å². The van der Waals surface area contributed by atoms with Gasteiger partial charge >= 0.3 is 0 Å². The monoisotopic (exact) mass is 204 g/mol. The SMILES string of the molecule is O=C([O-])CNC(=O)/C=C\c1ccccc1. The standard InChI is InChI=1S/C11H11NO3/c13-10(12-8-11(14)15)7-6-9-4-2-1-3-5-9/h1-7H,8H2,(H,12,13)(H,14,15)/p-1/b7-6-. The lowest BCUT2D eigenvalue weighted by molar-refractivity contribution is -0.303. The van der Waals surface area contributed by atoms with E-state index in [0.717, 1.165) is 5.56 Å². The molecule has 0 saturated carbocycles. The Morgan fingerprint density at radius 3 is 2.53 bits per heavy atom. The first-order chi connectivity index (χ1) is 7.18. The van der Waals surface area contributed by atoms with Crippen molar-refractivity contribution in [2.24, 2.45) is 0 Å². The fraction of sp³-hybridized carbons (Fsp3) is 0.0909. The van der Waals surface area contributed by atoms with Crippen molar-refractivity contribution in [2.45, 2.75) is 0 Å². The summed E-state index contributed by atoms with van der Waals surface area (Å²) in [5.41, 5.74) is 0.876. The summed E-state index contributed by atoms with van der Waals surface area (Å²) in [6, 6.07) is 9.23. The quantitative estimate of drug-likeness (QED) is 0.676. The Balaban J connectivity index is 2.44. The maximum absolute atomic E-state index is 11.0. The zero-order chi connectivity index (χ0) is 11.1. The lowest BCUT2D eigenvalue weighted by Gasteiger charge is -2.01. The maximum Gasteiger partial charge on any atom is 0.244 e. The van der Waals surface area contributed by atoms with Crippen molar-refractivity contribution in [1.82, 2.24) is 5.32 Å². The Hall–Kier alpha value is -2.10. The summed E-state index contributed by atoms with van der Waals surface area (Å²) in [6.45, 7) is -0.474. The second-order valence-electron chi connectivity index (χ2n) is 2.83. The number of rotatable bonds is 4. The van der Waals surface area contributed by atoms with Crippen LogP contribution in [-0.2, 0) is 9.59 Å². The predicted octanol–water partition coefficient (Wildman–Crippen LogP) is -0.434. The third-order valence-electron chi connectivity index (χ3n) is 1.63. The van der Waals surface area contributed by atoms with Gasteiger partial charge in [-0.3, -0.25) is 4.79 Å². The highest BCUT2D eigenvalue weighted by Crippen LogP contribution is 2.00. The summed E-state index contributed by atoms with van der Waals surface area (Å²) in [5.74, 6) is -1.76. The first-order valence-electron chi connectivity index (χ1n) is 4.39. The third-order valence-corrected chi connectivity index (χ3v) is 1.63. The second-order valence-corrected chi connectivity index (χ2v) is 2.83. The van der Waals surface area contributed by atoms with E-state index in [1.54, 1.807) is 6.08 Å². The van der Waals surface area contributed by atoms with Crippen LogP contribution in [0.3, 0.4) is 0 Å². The summed E-state index contributed by atoms with van der Waals surface area (Å²) in [4.78, 5) is 21.1. The van der Waals surface area contributed by atoms with E-state index in [4.69, 9.17) is 0 Å². The Morgan fingerprint density at radius 2 is 1.93 bits per heavy atom. The number of hydrogen-bond acceptors (Lipinski definition) is 3. The molecule has 1 aromatic carbocycles. The fourth-order valence-corrected chi connectivity index (χ4v) is 0.954. The van der Waals surface area contributed by atoms with Crippen LogP contribution in [0.15, 0.2) is 36.4 Å². The Morgan fingerprint density at radius 1 is 1.27 bits per heavy atom. The summed E-state index contributed by atoms with van der Waals surface area (Å²) in [7, 11) is 0. The molecule has 0 spiro atoms. The minimum atomic E-state index is -1.31. The summed E-state index contributed by atoms with van der Waals surface area (Å²) in [6.07, 6.45) is 2.88. The van der Waals surface area contributed by atoms with Crippen LogP contribution >= 0.6 is 0 Å². The fourth-order valence-electron chi connectivity index (χ4n) is 0.954. The molecule has 0 saturated heterocycles. The topological polar surface area (TPSA) is 69.2 Å². The first-order valence-corrected chi connectivity index (χ1v) is 4.39. The molecule has 0 unspecified atom stereocenters. The van der Waals surface area contributed by atoms with Gasteiger partial charge in [0.05, 0.1) is 12.5 Å². The molecule has 15 heavy (non-hydrogen) atoms. The van der Waals surface area contributed by atoms with Crippen LogP contribution in [0.1, 0.15) is 5.56 Å². The van der Waals surface area contributed by atoms with E-state index < -0.39 is 18.4 Å². The lowest BCUT2D eigenvalue weighted by atomic mass is 10.2. The Bertz CT molecular complexity index is 371. The molecule has 1 aromatic rings. The lowest BCUT2D eigenvalue weighted by Crippen LogP contribution is -2.36. The Kier molecular flexibility index (Phi) is 4.09. The van der Waals surface area contributed by atoms with Gasteiger partial charge in [0, 0.05) is 6.08 Å². The molecule has 0 heterocycles. The van der Waals surface area contributed by atoms with Gasteiger partial charge < -0.3 is 15.2 Å². The molecule has 0 bridgehead atoms. The van der Waals surface area contributed by atoms with Gasteiger partial charge in [-0.05, 0) is 11.6 Å². The largest absolute Gasteiger partial charge is 0.548 e. The number of carboxylic acid groups (broad SMARTS) is 1. The molecule has 0 aromatic heterocycles. The number of carbonyl (C=O) groups is 2. The van der Waals surface area contributed by atoms with Gasteiger partial charge in [0.2, 0.25) is 5.91 Å². The molecule has 4 heteroatoms. The number of nitrogens with one attached hydrogen (secondary N) is 1. The minimum absolute atomic E-state index is 0.456. The smallest absolute Gasteiger partial charge is 0.244 e. The Labute approximate surface area is 87.2 Å². The van der Waals surface area contributed by atoms with Crippen molar-refractivity contribution in [3.63, 3.8) is 0 Å². The number of aliphatic carboxylic acids is 1. The molecule has 0 radical (unpaired) electrons. The van der Waals surface area contributed by atoms with E-state index in [2.05, 4.69) is 5.32 Å². The van der Waals surface area contributed by atoms with E-state index >= 15 is 0 Å². The maximum atomic E-state index is 11.0. The zero-order valence-electron chi connectivity index (χ0n) is 7.97. The average Bonchev–Trinajstić information content (AvgIpc) is 2.25. The zero-order valence-corrected chi connectivity index (χ0v) is 7.97. The highest BCUT2D eigenvalue weighted by molar-refractivity contribution is 5.93. The molecule has 1 amide bonds. The van der Waals surface area contributed by atoms with Gasteiger partial charge in [-0.25, -0.2) is 0 Å². The number of carbonyl (C=O) groups excluding carboxylic acids is 2. The molecule has 0 aliphatic rings. The molecular weight excluding hydrogens is 194 g/mol. The van der Waals surface area contributed by atoms with Crippen LogP contribution < -0.4 is 10.4 Å². The van der Waals surface area contributed by atoms with E-state index in [0.29, 0.717) is 0 Å². The molecule has 0 atom stereocenters. The normalized spacial score (nSPS) is 10.1. The number of benzene rings is 1. The van der Waals surface area contributed by atoms with Gasteiger partial charge in [-0.15, -0.1) is 0 Å². The van der Waals surface area contributed by atoms with E-state index in [1.807, 2.05) is 30.3 Å². The van der Waals surface area contributed by atoms with Gasteiger partial charge in [0.25, 0.3) is 0 Å². The van der Waals surface area contributed by atoms with Crippen LogP contribution in [0.5, 0.6) is 0 Å². The van der Waals surface area contributed by atoms with Crippen molar-refractivity contribution < 1.29 is 14.7 Å². The molecule has 78 valence electrons. The van der Waals surface area contributed by atoms with E-state index in [9.17, 15) is 14.7 Å². The molecule has 0 aliphatic carbocycles. The van der Waals surface area contributed by atoms with Crippen molar-refractivity contribution >= 4 is 18.0 Å². The van der Waals surface area contributed by atoms with Crippen molar-refractivity contribution in [1.29, 1.82) is 0 Å². The van der Waals surface area contributed by atoms with Gasteiger partial charge in [-0.2, -0.15) is 0 Å². The predicted molar refractivity (Wildman–Crippen MR) is 53.5 cm³/mol. The summed E-state index contributed by atoms with van der Waals surface area (Å²) >= 11 is 0. The molecule has 0 fully saturated rings. The van der Waals surface area contributed by atoms with Gasteiger partial charge in [0.1, 0.15) is 0 Å². The van der Waals surface area contributed by atoms with Crippen molar-refractivity contribution in [2.75, 3.05) is 6.54 Å². The summed E-state index contributed by atoms with van der Waals surface area (Å²) < 4.78 is 0. The molecule has 0 aliphatic heterocycles. The minimum Gasteiger partial charge on any atom is -0.548 e. The molecule has 4 nitrogen and oxygen atoms in total. The van der Waals surface area contributed by atoms with Gasteiger partial charge in [-0.1, -0.05) is 30.3 Å².